The van der Waals surface area contributed by atoms with Crippen LogP contribution >= 0.6 is 12.2 Å². The second kappa shape index (κ2) is 5.73. The largest absolute Gasteiger partial charge is 0.389 e. The van der Waals surface area contributed by atoms with Crippen LogP contribution in [0.4, 0.5) is 4.39 Å². The number of hydrogen-bond donors (Lipinski definition) is 1. The highest BCUT2D eigenvalue weighted by Crippen LogP contribution is 2.17. The van der Waals surface area contributed by atoms with Gasteiger partial charge in [-0.2, -0.15) is 0 Å². The first kappa shape index (κ1) is 13.4. The van der Waals surface area contributed by atoms with Crippen LogP contribution in [0.25, 0.3) is 0 Å². The number of nitrogens with zero attached hydrogens (tertiary/aromatic N) is 1. The van der Waals surface area contributed by atoms with Gasteiger partial charge in [0.1, 0.15) is 10.8 Å². The van der Waals surface area contributed by atoms with E-state index in [1.54, 1.807) is 6.07 Å². The average Bonchev–Trinajstić information content (AvgIpc) is 2.32. The first-order valence-electron chi connectivity index (χ1n) is 5.98. The third-order valence-electron chi connectivity index (χ3n) is 3.21. The van der Waals surface area contributed by atoms with Crippen molar-refractivity contribution in [1.82, 2.24) is 4.90 Å². The fraction of sp³-hybridized carbons (Fsp3) is 0.462. The van der Waals surface area contributed by atoms with Crippen molar-refractivity contribution in [3.8, 4) is 0 Å². The van der Waals surface area contributed by atoms with Gasteiger partial charge in [-0.1, -0.05) is 12.2 Å². The zero-order chi connectivity index (χ0) is 13.1. The summed E-state index contributed by atoms with van der Waals surface area (Å²) in [7, 11) is 0. The van der Waals surface area contributed by atoms with Gasteiger partial charge in [0.2, 0.25) is 0 Å². The molecule has 3 nitrogen and oxygen atoms in total. The Morgan fingerprint density at radius 2 is 2.39 bits per heavy atom. The average molecular weight is 268 g/mol. The van der Waals surface area contributed by atoms with E-state index in [0.29, 0.717) is 30.8 Å². The van der Waals surface area contributed by atoms with Crippen molar-refractivity contribution in [1.29, 1.82) is 0 Å². The van der Waals surface area contributed by atoms with Gasteiger partial charge in [-0.05, 0) is 30.7 Å². The van der Waals surface area contributed by atoms with Crippen LogP contribution < -0.4 is 5.73 Å². The van der Waals surface area contributed by atoms with Gasteiger partial charge in [0.25, 0.3) is 0 Å². The molecule has 18 heavy (non-hydrogen) atoms. The monoisotopic (exact) mass is 268 g/mol. The molecule has 0 saturated carbocycles. The first-order valence-corrected chi connectivity index (χ1v) is 6.39. The number of nitrogens with two attached hydrogens (primary N) is 1. The lowest BCUT2D eigenvalue weighted by Crippen LogP contribution is -2.43. The van der Waals surface area contributed by atoms with Crippen molar-refractivity contribution in [3.63, 3.8) is 0 Å². The Morgan fingerprint density at radius 1 is 1.61 bits per heavy atom. The van der Waals surface area contributed by atoms with E-state index in [9.17, 15) is 4.39 Å². The maximum absolute atomic E-state index is 13.3. The second-order valence-electron chi connectivity index (χ2n) is 4.56. The van der Waals surface area contributed by atoms with Gasteiger partial charge in [0, 0.05) is 24.7 Å². The Labute approximate surface area is 112 Å². The highest BCUT2D eigenvalue weighted by molar-refractivity contribution is 7.80. The molecule has 5 heteroatoms. The smallest absolute Gasteiger partial charge is 0.123 e. The van der Waals surface area contributed by atoms with Crippen molar-refractivity contribution in [2.45, 2.75) is 19.5 Å². The minimum atomic E-state index is -0.258. The molecule has 0 spiro atoms. The van der Waals surface area contributed by atoms with Crippen molar-refractivity contribution >= 4 is 17.2 Å². The fourth-order valence-electron chi connectivity index (χ4n) is 2.15. The molecule has 0 aliphatic carbocycles. The van der Waals surface area contributed by atoms with E-state index in [0.717, 1.165) is 17.7 Å². The molecular weight excluding hydrogens is 251 g/mol. The molecule has 2 rings (SSSR count). The predicted molar refractivity (Wildman–Crippen MR) is 73.0 cm³/mol. The summed E-state index contributed by atoms with van der Waals surface area (Å²) in [5, 5.41) is 0. The molecule has 0 radical (unpaired) electrons. The summed E-state index contributed by atoms with van der Waals surface area (Å²) in [6.45, 7) is 5.00. The summed E-state index contributed by atoms with van der Waals surface area (Å²) in [6, 6.07) is 4.87. The molecule has 1 fully saturated rings. The molecule has 2 N–H and O–H groups in total. The van der Waals surface area contributed by atoms with E-state index in [1.807, 2.05) is 0 Å². The van der Waals surface area contributed by atoms with Gasteiger partial charge in [0.05, 0.1) is 13.2 Å². The molecule has 1 aromatic rings. The summed E-state index contributed by atoms with van der Waals surface area (Å²) in [6.07, 6.45) is 0. The molecule has 1 aliphatic rings. The predicted octanol–water partition coefficient (Wildman–Crippen LogP) is 1.68. The Balaban J connectivity index is 2.21. The van der Waals surface area contributed by atoms with Gasteiger partial charge in [-0.25, -0.2) is 4.39 Å². The van der Waals surface area contributed by atoms with E-state index in [2.05, 4.69) is 11.8 Å². The molecule has 1 aromatic carbocycles. The molecule has 0 bridgehead atoms. The van der Waals surface area contributed by atoms with E-state index < -0.39 is 0 Å². The van der Waals surface area contributed by atoms with Crippen molar-refractivity contribution in [2.75, 3.05) is 19.8 Å². The highest BCUT2D eigenvalue weighted by atomic mass is 32.1. The van der Waals surface area contributed by atoms with Crippen LogP contribution in [0, 0.1) is 5.82 Å². The molecule has 1 atom stereocenters. The van der Waals surface area contributed by atoms with Gasteiger partial charge in [0.15, 0.2) is 0 Å². The third kappa shape index (κ3) is 3.04. The van der Waals surface area contributed by atoms with Crippen molar-refractivity contribution in [2.24, 2.45) is 5.73 Å². The zero-order valence-corrected chi connectivity index (χ0v) is 11.2. The summed E-state index contributed by atoms with van der Waals surface area (Å²) in [4.78, 5) is 2.56. The maximum Gasteiger partial charge on any atom is 0.123 e. The number of hydrogen-bond acceptors (Lipinski definition) is 3. The Kier molecular flexibility index (Phi) is 4.27. The second-order valence-corrected chi connectivity index (χ2v) is 5.00. The number of benzene rings is 1. The number of rotatable bonds is 3. The molecule has 1 aliphatic heterocycles. The summed E-state index contributed by atoms with van der Waals surface area (Å²) in [5.41, 5.74) is 7.27. The highest BCUT2D eigenvalue weighted by Gasteiger charge is 2.20. The van der Waals surface area contributed by atoms with E-state index >= 15 is 0 Å². The van der Waals surface area contributed by atoms with E-state index in [-0.39, 0.29) is 5.82 Å². The molecular formula is C13H17FN2OS. The molecule has 1 saturated heterocycles. The van der Waals surface area contributed by atoms with Crippen LogP contribution in [0.1, 0.15) is 18.1 Å². The minimum absolute atomic E-state index is 0.258. The normalized spacial score (nSPS) is 20.9. The summed E-state index contributed by atoms with van der Waals surface area (Å²) in [5.74, 6) is -0.258. The SMILES string of the molecule is CC1COCCN1Cc1cc(F)ccc1C(N)=S. The number of ether oxygens (including phenoxy) is 1. The summed E-state index contributed by atoms with van der Waals surface area (Å²) < 4.78 is 18.7. The number of halogens is 1. The lowest BCUT2D eigenvalue weighted by atomic mass is 10.1. The molecule has 1 heterocycles. The standard InChI is InChI=1S/C13H17FN2OS/c1-9-8-17-5-4-16(9)7-10-6-11(14)2-3-12(10)13(15)18/h2-3,6,9H,4-5,7-8H2,1H3,(H2,15,18). The zero-order valence-electron chi connectivity index (χ0n) is 10.4. The molecule has 0 aromatic heterocycles. The van der Waals surface area contributed by atoms with Crippen LogP contribution in [0.15, 0.2) is 18.2 Å². The van der Waals surface area contributed by atoms with Crippen LogP contribution in [0.5, 0.6) is 0 Å². The Hall–Kier alpha value is -1.04. The van der Waals surface area contributed by atoms with E-state index in [1.165, 1.54) is 12.1 Å². The summed E-state index contributed by atoms with van der Waals surface area (Å²) >= 11 is 5.00. The van der Waals surface area contributed by atoms with Gasteiger partial charge < -0.3 is 10.5 Å². The molecule has 1 unspecified atom stereocenters. The van der Waals surface area contributed by atoms with Crippen LogP contribution in [-0.2, 0) is 11.3 Å². The van der Waals surface area contributed by atoms with Crippen molar-refractivity contribution < 1.29 is 9.13 Å². The maximum atomic E-state index is 13.3. The van der Waals surface area contributed by atoms with Gasteiger partial charge >= 0.3 is 0 Å². The van der Waals surface area contributed by atoms with Crippen LogP contribution in [0.2, 0.25) is 0 Å². The number of thiocarbonyl (C=S) groups is 1. The first-order chi connectivity index (χ1) is 8.58. The molecule has 98 valence electrons. The lowest BCUT2D eigenvalue weighted by Gasteiger charge is -2.33. The van der Waals surface area contributed by atoms with E-state index in [4.69, 9.17) is 22.7 Å². The topological polar surface area (TPSA) is 38.5 Å². The minimum Gasteiger partial charge on any atom is -0.389 e. The van der Waals surface area contributed by atoms with Crippen LogP contribution in [0.3, 0.4) is 0 Å². The third-order valence-corrected chi connectivity index (χ3v) is 3.43. The fourth-order valence-corrected chi connectivity index (χ4v) is 2.35. The van der Waals surface area contributed by atoms with Crippen LogP contribution in [-0.4, -0.2) is 35.7 Å². The number of morpholine rings is 1. The van der Waals surface area contributed by atoms with Gasteiger partial charge in [-0.3, -0.25) is 4.90 Å². The lowest BCUT2D eigenvalue weighted by molar-refractivity contribution is -0.00441. The Morgan fingerprint density at radius 3 is 3.06 bits per heavy atom. The Bertz CT molecular complexity index is 453. The van der Waals surface area contributed by atoms with Gasteiger partial charge in [-0.15, -0.1) is 0 Å². The quantitative estimate of drug-likeness (QED) is 0.847. The molecule has 0 amide bonds. The van der Waals surface area contributed by atoms with Crippen molar-refractivity contribution in [3.05, 3.63) is 35.1 Å².